The Kier molecular flexibility index (Phi) is 9.22. The Morgan fingerprint density at radius 2 is 0.676 bits per heavy atom. The van der Waals surface area contributed by atoms with Gasteiger partial charge < -0.3 is 4.90 Å². The van der Waals surface area contributed by atoms with Gasteiger partial charge in [0.1, 0.15) is 0 Å². The molecule has 0 radical (unpaired) electrons. The summed E-state index contributed by atoms with van der Waals surface area (Å²) in [7, 11) is 0. The number of hydrogen-bond donors (Lipinski definition) is 0. The van der Waals surface area contributed by atoms with Crippen LogP contribution >= 0.6 is 0 Å². The van der Waals surface area contributed by atoms with E-state index in [1.807, 2.05) is 0 Å². The Balaban J connectivity index is 0.933. The minimum absolute atomic E-state index is 0.121. The molecule has 1 unspecified atom stereocenters. The van der Waals surface area contributed by atoms with E-state index in [0.29, 0.717) is 0 Å². The zero-order chi connectivity index (χ0) is 47.3. The molecule has 1 nitrogen and oxygen atoms in total. The summed E-state index contributed by atoms with van der Waals surface area (Å²) in [4.78, 5) is 2.47. The largest absolute Gasteiger partial charge is 0.310 e. The first kappa shape index (κ1) is 41.2. The van der Waals surface area contributed by atoms with Gasteiger partial charge in [0.2, 0.25) is 0 Å². The molecule has 1 atom stereocenters. The van der Waals surface area contributed by atoms with Crippen LogP contribution in [0.25, 0.3) is 77.9 Å². The van der Waals surface area contributed by atoms with Gasteiger partial charge in [-0.25, -0.2) is 0 Å². The molecule has 1 spiro atoms. The average molecular weight is 904 g/mol. The molecule has 3 aliphatic rings. The summed E-state index contributed by atoms with van der Waals surface area (Å²) >= 11 is 0. The molecule has 3 aliphatic carbocycles. The van der Waals surface area contributed by atoms with Crippen molar-refractivity contribution in [1.82, 2.24) is 0 Å². The van der Waals surface area contributed by atoms with E-state index in [2.05, 4.69) is 280 Å². The third-order valence-corrected chi connectivity index (χ3v) is 15.9. The van der Waals surface area contributed by atoms with Crippen LogP contribution in [-0.2, 0) is 10.8 Å². The second kappa shape index (κ2) is 15.9. The Labute approximate surface area is 416 Å². The number of fused-ring (bicyclic) bond motifs is 13. The van der Waals surface area contributed by atoms with Crippen molar-refractivity contribution < 1.29 is 0 Å². The van der Waals surface area contributed by atoms with Crippen molar-refractivity contribution in [3.05, 3.63) is 294 Å². The first-order chi connectivity index (χ1) is 35.0. The second-order valence-electron chi connectivity index (χ2n) is 19.9. The highest BCUT2D eigenvalue weighted by atomic mass is 15.1. The lowest BCUT2D eigenvalue weighted by atomic mass is 9.70. The van der Waals surface area contributed by atoms with Gasteiger partial charge in [0, 0.05) is 22.4 Å². The highest BCUT2D eigenvalue weighted by molar-refractivity contribution is 6.01. The van der Waals surface area contributed by atoms with Gasteiger partial charge in [-0.2, -0.15) is 0 Å². The van der Waals surface area contributed by atoms with Crippen molar-refractivity contribution in [3.8, 4) is 77.9 Å². The molecule has 334 valence electrons. The van der Waals surface area contributed by atoms with E-state index in [4.69, 9.17) is 0 Å². The Bertz CT molecular complexity index is 3880. The van der Waals surface area contributed by atoms with Gasteiger partial charge >= 0.3 is 0 Å². The molecule has 0 amide bonds. The minimum Gasteiger partial charge on any atom is -0.310 e. The molecular formula is C70H49N. The lowest BCUT2D eigenvalue weighted by Gasteiger charge is -2.31. The fourth-order valence-electron chi connectivity index (χ4n) is 12.8. The van der Waals surface area contributed by atoms with Gasteiger partial charge in [-0.05, 0) is 142 Å². The average Bonchev–Trinajstić information content (AvgIpc) is 4.01. The van der Waals surface area contributed by atoms with Crippen LogP contribution in [0.2, 0.25) is 0 Å². The van der Waals surface area contributed by atoms with Crippen molar-refractivity contribution in [2.24, 2.45) is 0 Å². The third-order valence-electron chi connectivity index (χ3n) is 15.9. The van der Waals surface area contributed by atoms with Gasteiger partial charge in [-0.1, -0.05) is 238 Å². The van der Waals surface area contributed by atoms with Crippen LogP contribution in [0.5, 0.6) is 0 Å². The van der Waals surface area contributed by atoms with E-state index in [-0.39, 0.29) is 5.41 Å². The van der Waals surface area contributed by atoms with Crippen LogP contribution in [0.3, 0.4) is 0 Å². The Morgan fingerprint density at radius 3 is 1.35 bits per heavy atom. The molecule has 0 fully saturated rings. The predicted octanol–water partition coefficient (Wildman–Crippen LogP) is 18.5. The Morgan fingerprint density at radius 1 is 0.254 bits per heavy atom. The molecule has 0 aromatic heterocycles. The number of nitrogens with zero attached hydrogens (tertiary/aromatic N) is 1. The maximum atomic E-state index is 2.51. The van der Waals surface area contributed by atoms with Crippen LogP contribution in [0.15, 0.2) is 261 Å². The molecule has 0 N–H and O–H groups in total. The molecule has 11 aromatic rings. The first-order valence-electron chi connectivity index (χ1n) is 24.9. The SMILES string of the molecule is CC1(C)c2ccccc2-c2c(N(c3ccc(-c4ccccc4)cc3)c3ccc(-c4cccc5c4-c4ccccc4C54c5ccccc5-c5ccc(-c6ccccc6-c6ccccc6)cc54)cc3)cccc21. The third kappa shape index (κ3) is 6.06. The number of rotatable bonds is 7. The fraction of sp³-hybridized carbons (Fsp3) is 0.0571. The highest BCUT2D eigenvalue weighted by Crippen LogP contribution is 2.64. The zero-order valence-electron chi connectivity index (χ0n) is 39.8. The van der Waals surface area contributed by atoms with Gasteiger partial charge in [-0.15, -0.1) is 0 Å². The van der Waals surface area contributed by atoms with Crippen molar-refractivity contribution in [1.29, 1.82) is 0 Å². The van der Waals surface area contributed by atoms with E-state index < -0.39 is 5.41 Å². The normalized spacial score (nSPS) is 15.1. The van der Waals surface area contributed by atoms with E-state index in [1.54, 1.807) is 0 Å². The summed E-state index contributed by atoms with van der Waals surface area (Å²) in [5.74, 6) is 0. The van der Waals surface area contributed by atoms with Crippen LogP contribution in [-0.4, -0.2) is 0 Å². The number of anilines is 3. The van der Waals surface area contributed by atoms with Crippen LogP contribution < -0.4 is 4.90 Å². The first-order valence-corrected chi connectivity index (χ1v) is 24.9. The zero-order valence-corrected chi connectivity index (χ0v) is 39.8. The lowest BCUT2D eigenvalue weighted by molar-refractivity contribution is 0.660. The van der Waals surface area contributed by atoms with Crippen molar-refractivity contribution in [2.75, 3.05) is 4.90 Å². The molecule has 14 rings (SSSR count). The molecule has 11 aromatic carbocycles. The molecule has 0 saturated carbocycles. The predicted molar refractivity (Wildman–Crippen MR) is 297 cm³/mol. The summed E-state index contributed by atoms with van der Waals surface area (Å²) in [5, 5.41) is 0. The maximum Gasteiger partial charge on any atom is 0.0725 e. The Hall–Kier alpha value is -8.78. The summed E-state index contributed by atoms with van der Waals surface area (Å²) < 4.78 is 0. The lowest BCUT2D eigenvalue weighted by Crippen LogP contribution is -2.25. The standard InChI is InChI=1S/C70H49N/c1-69(2)60-29-14-12-26-58(60)68-63(69)32-18-34-66(68)71(51-40-35-47(36-41-51)46-19-5-3-6-20-46)52-42-37-49(38-43-52)55-28-17-33-64-67(55)59-27-13-16-31-62(59)70(64)61-30-15-11-25-56(61)57-44-39-50(45-65(57)70)54-24-10-9-23-53(54)48-21-7-4-8-22-48/h3-45H,1-2H3. The van der Waals surface area contributed by atoms with Gasteiger partial charge in [-0.3, -0.25) is 0 Å². The topological polar surface area (TPSA) is 3.24 Å². The summed E-state index contributed by atoms with van der Waals surface area (Å²) in [5.41, 5.74) is 28.5. The second-order valence-corrected chi connectivity index (χ2v) is 19.9. The molecule has 0 aliphatic heterocycles. The monoisotopic (exact) mass is 903 g/mol. The van der Waals surface area contributed by atoms with Crippen LogP contribution in [0.4, 0.5) is 17.1 Å². The maximum absolute atomic E-state index is 2.51. The van der Waals surface area contributed by atoms with Crippen molar-refractivity contribution >= 4 is 17.1 Å². The quantitative estimate of drug-likeness (QED) is 0.154. The van der Waals surface area contributed by atoms with Gasteiger partial charge in [0.05, 0.1) is 11.1 Å². The minimum atomic E-state index is -0.494. The van der Waals surface area contributed by atoms with Crippen molar-refractivity contribution in [3.63, 3.8) is 0 Å². The van der Waals surface area contributed by atoms with E-state index in [0.717, 1.165) is 11.4 Å². The summed E-state index contributed by atoms with van der Waals surface area (Å²) in [6.07, 6.45) is 0. The number of benzene rings is 11. The molecule has 71 heavy (non-hydrogen) atoms. The fourth-order valence-corrected chi connectivity index (χ4v) is 12.8. The molecule has 0 saturated heterocycles. The molecule has 1 heteroatoms. The van der Waals surface area contributed by atoms with E-state index >= 15 is 0 Å². The van der Waals surface area contributed by atoms with Crippen LogP contribution in [0, 0.1) is 0 Å². The molecular weight excluding hydrogens is 855 g/mol. The smallest absolute Gasteiger partial charge is 0.0725 e. The van der Waals surface area contributed by atoms with E-state index in [9.17, 15) is 0 Å². The van der Waals surface area contributed by atoms with Gasteiger partial charge in [0.15, 0.2) is 0 Å². The highest BCUT2D eigenvalue weighted by Gasteiger charge is 2.52. The molecule has 0 heterocycles. The van der Waals surface area contributed by atoms with Gasteiger partial charge in [0.25, 0.3) is 0 Å². The summed E-state index contributed by atoms with van der Waals surface area (Å²) in [6, 6.07) is 97.2. The van der Waals surface area contributed by atoms with Crippen molar-refractivity contribution in [2.45, 2.75) is 24.7 Å². The van der Waals surface area contributed by atoms with Crippen LogP contribution in [0.1, 0.15) is 47.2 Å². The number of hydrogen-bond acceptors (Lipinski definition) is 1. The summed E-state index contributed by atoms with van der Waals surface area (Å²) in [6.45, 7) is 4.73. The van der Waals surface area contributed by atoms with E-state index in [1.165, 1.54) is 117 Å². The molecule has 0 bridgehead atoms.